The third kappa shape index (κ3) is 3.94. The van der Waals surface area contributed by atoms with Gasteiger partial charge in [-0.1, -0.05) is 31.2 Å². The van der Waals surface area contributed by atoms with Crippen molar-refractivity contribution in [3.63, 3.8) is 0 Å². The van der Waals surface area contributed by atoms with Gasteiger partial charge in [-0.3, -0.25) is 0 Å². The summed E-state index contributed by atoms with van der Waals surface area (Å²) in [6, 6.07) is 7.47. The van der Waals surface area contributed by atoms with Gasteiger partial charge in [-0.25, -0.2) is 12.7 Å². The van der Waals surface area contributed by atoms with E-state index in [9.17, 15) is 8.42 Å². The third-order valence-electron chi connectivity index (χ3n) is 3.66. The summed E-state index contributed by atoms with van der Waals surface area (Å²) in [5, 5.41) is 0. The molecular formula is C14H20ClNO2S. The van der Waals surface area contributed by atoms with Crippen LogP contribution in [0.2, 0.25) is 0 Å². The van der Waals surface area contributed by atoms with Gasteiger partial charge in [0.15, 0.2) is 0 Å². The van der Waals surface area contributed by atoms with Crippen molar-refractivity contribution in [1.82, 2.24) is 4.31 Å². The van der Waals surface area contributed by atoms with Crippen LogP contribution in [-0.2, 0) is 21.7 Å². The van der Waals surface area contributed by atoms with Crippen LogP contribution in [0.25, 0.3) is 0 Å². The van der Waals surface area contributed by atoms with E-state index in [0.29, 0.717) is 24.9 Å². The Hall–Kier alpha value is -0.580. The van der Waals surface area contributed by atoms with E-state index < -0.39 is 10.0 Å². The van der Waals surface area contributed by atoms with E-state index >= 15 is 0 Å². The Morgan fingerprint density at radius 3 is 2.21 bits per heavy atom. The number of piperidine rings is 1. The van der Waals surface area contributed by atoms with Crippen molar-refractivity contribution in [2.24, 2.45) is 5.92 Å². The standard InChI is InChI=1S/C14H20ClNO2S/c1-12-6-8-16(9-7-12)19(17,18)11-14-4-2-13(10-15)3-5-14/h2-5,12H,6-11H2,1H3. The van der Waals surface area contributed by atoms with Crippen LogP contribution in [0.5, 0.6) is 0 Å². The van der Waals surface area contributed by atoms with Gasteiger partial charge in [0.2, 0.25) is 10.0 Å². The molecular weight excluding hydrogens is 282 g/mol. The summed E-state index contributed by atoms with van der Waals surface area (Å²) in [7, 11) is -3.18. The predicted octanol–water partition coefficient (Wildman–Crippen LogP) is 2.99. The predicted molar refractivity (Wildman–Crippen MR) is 78.6 cm³/mol. The van der Waals surface area contributed by atoms with Crippen molar-refractivity contribution in [1.29, 1.82) is 0 Å². The van der Waals surface area contributed by atoms with Crippen molar-refractivity contribution in [2.45, 2.75) is 31.4 Å². The Morgan fingerprint density at radius 2 is 1.68 bits per heavy atom. The first-order valence-electron chi connectivity index (χ1n) is 6.63. The normalized spacial score (nSPS) is 18.6. The summed E-state index contributed by atoms with van der Waals surface area (Å²) >= 11 is 5.72. The number of hydrogen-bond acceptors (Lipinski definition) is 2. The lowest BCUT2D eigenvalue weighted by molar-refractivity contribution is 0.287. The highest BCUT2D eigenvalue weighted by Gasteiger charge is 2.26. The molecule has 1 saturated heterocycles. The Morgan fingerprint density at radius 1 is 1.16 bits per heavy atom. The van der Waals surface area contributed by atoms with E-state index in [1.807, 2.05) is 24.3 Å². The lowest BCUT2D eigenvalue weighted by atomic mass is 10.0. The number of alkyl halides is 1. The maximum atomic E-state index is 12.3. The largest absolute Gasteiger partial charge is 0.218 e. The highest BCUT2D eigenvalue weighted by atomic mass is 35.5. The molecule has 0 radical (unpaired) electrons. The lowest BCUT2D eigenvalue weighted by Gasteiger charge is -2.29. The summed E-state index contributed by atoms with van der Waals surface area (Å²) in [6.07, 6.45) is 1.93. The molecule has 0 spiro atoms. The van der Waals surface area contributed by atoms with Crippen LogP contribution in [0.1, 0.15) is 30.9 Å². The van der Waals surface area contributed by atoms with Crippen LogP contribution in [0.15, 0.2) is 24.3 Å². The van der Waals surface area contributed by atoms with Gasteiger partial charge < -0.3 is 0 Å². The molecule has 0 saturated carbocycles. The van der Waals surface area contributed by atoms with Gasteiger partial charge in [0.05, 0.1) is 5.75 Å². The molecule has 0 aliphatic carbocycles. The van der Waals surface area contributed by atoms with Gasteiger partial charge in [-0.2, -0.15) is 0 Å². The van der Waals surface area contributed by atoms with Gasteiger partial charge >= 0.3 is 0 Å². The zero-order valence-corrected chi connectivity index (χ0v) is 12.8. The second-order valence-electron chi connectivity index (χ2n) is 5.29. The average Bonchev–Trinajstić information content (AvgIpc) is 2.40. The van der Waals surface area contributed by atoms with Crippen LogP contribution in [0.3, 0.4) is 0 Å². The Balaban J connectivity index is 2.03. The second-order valence-corrected chi connectivity index (χ2v) is 7.52. The van der Waals surface area contributed by atoms with Crippen molar-refractivity contribution >= 4 is 21.6 Å². The molecule has 0 amide bonds. The van der Waals surface area contributed by atoms with E-state index in [2.05, 4.69) is 6.92 Å². The summed E-state index contributed by atoms with van der Waals surface area (Å²) in [4.78, 5) is 0. The van der Waals surface area contributed by atoms with E-state index in [1.54, 1.807) is 4.31 Å². The quantitative estimate of drug-likeness (QED) is 0.802. The summed E-state index contributed by atoms with van der Waals surface area (Å²) in [5.74, 6) is 1.18. The molecule has 1 aromatic rings. The van der Waals surface area contributed by atoms with E-state index in [4.69, 9.17) is 11.6 Å². The number of sulfonamides is 1. The maximum Gasteiger partial charge on any atom is 0.218 e. The molecule has 0 bridgehead atoms. The molecule has 3 nitrogen and oxygen atoms in total. The monoisotopic (exact) mass is 301 g/mol. The number of benzene rings is 1. The van der Waals surface area contributed by atoms with Crippen LogP contribution >= 0.6 is 11.6 Å². The molecule has 1 aromatic carbocycles. The first-order chi connectivity index (χ1) is 9.01. The highest BCUT2D eigenvalue weighted by Crippen LogP contribution is 2.21. The molecule has 0 atom stereocenters. The smallest absolute Gasteiger partial charge is 0.212 e. The fourth-order valence-corrected chi connectivity index (χ4v) is 4.03. The molecule has 5 heteroatoms. The first kappa shape index (κ1) is 14.8. The molecule has 1 aliphatic heterocycles. The van der Waals surface area contributed by atoms with Crippen LogP contribution in [0.4, 0.5) is 0 Å². The summed E-state index contributed by atoms with van der Waals surface area (Å²) in [6.45, 7) is 3.49. The van der Waals surface area contributed by atoms with Crippen LogP contribution in [0, 0.1) is 5.92 Å². The van der Waals surface area contributed by atoms with E-state index in [1.165, 1.54) is 0 Å². The molecule has 0 N–H and O–H groups in total. The van der Waals surface area contributed by atoms with Crippen LogP contribution in [-0.4, -0.2) is 25.8 Å². The fourth-order valence-electron chi connectivity index (χ4n) is 2.29. The van der Waals surface area contributed by atoms with Gasteiger partial charge in [0.1, 0.15) is 0 Å². The number of halogens is 1. The van der Waals surface area contributed by atoms with Gasteiger partial charge in [0, 0.05) is 19.0 Å². The van der Waals surface area contributed by atoms with Gasteiger partial charge in [0.25, 0.3) is 0 Å². The van der Waals surface area contributed by atoms with Crippen molar-refractivity contribution in [2.75, 3.05) is 13.1 Å². The highest BCUT2D eigenvalue weighted by molar-refractivity contribution is 7.88. The first-order valence-corrected chi connectivity index (χ1v) is 8.77. The van der Waals surface area contributed by atoms with Crippen molar-refractivity contribution < 1.29 is 8.42 Å². The van der Waals surface area contributed by atoms with Gasteiger partial charge in [-0.05, 0) is 29.9 Å². The lowest BCUT2D eigenvalue weighted by Crippen LogP contribution is -2.38. The molecule has 2 rings (SSSR count). The summed E-state index contributed by atoms with van der Waals surface area (Å²) < 4.78 is 26.3. The molecule has 1 fully saturated rings. The van der Waals surface area contributed by atoms with Crippen molar-refractivity contribution in [3.8, 4) is 0 Å². The Kier molecular flexibility index (Phi) is 4.87. The average molecular weight is 302 g/mol. The number of nitrogens with zero attached hydrogens (tertiary/aromatic N) is 1. The molecule has 0 aromatic heterocycles. The number of rotatable bonds is 4. The fraction of sp³-hybridized carbons (Fsp3) is 0.571. The number of hydrogen-bond donors (Lipinski definition) is 0. The molecule has 1 aliphatic rings. The zero-order valence-electron chi connectivity index (χ0n) is 11.2. The zero-order chi connectivity index (χ0) is 13.9. The summed E-state index contributed by atoms with van der Waals surface area (Å²) in [5.41, 5.74) is 1.84. The topological polar surface area (TPSA) is 37.4 Å². The second kappa shape index (κ2) is 6.25. The van der Waals surface area contributed by atoms with Gasteiger partial charge in [-0.15, -0.1) is 11.6 Å². The van der Waals surface area contributed by atoms with E-state index in [-0.39, 0.29) is 5.75 Å². The molecule has 106 valence electrons. The Labute approximate surface area is 120 Å². The molecule has 19 heavy (non-hydrogen) atoms. The molecule has 1 heterocycles. The van der Waals surface area contributed by atoms with E-state index in [0.717, 1.165) is 24.0 Å². The minimum absolute atomic E-state index is 0.0872. The Bertz CT molecular complexity index is 505. The van der Waals surface area contributed by atoms with Crippen LogP contribution < -0.4 is 0 Å². The molecule has 0 unspecified atom stereocenters. The maximum absolute atomic E-state index is 12.3. The van der Waals surface area contributed by atoms with Crippen molar-refractivity contribution in [3.05, 3.63) is 35.4 Å². The minimum Gasteiger partial charge on any atom is -0.212 e. The minimum atomic E-state index is -3.18. The third-order valence-corrected chi connectivity index (χ3v) is 5.82. The SMILES string of the molecule is CC1CCN(S(=O)(=O)Cc2ccc(CCl)cc2)CC1.